The van der Waals surface area contributed by atoms with Crippen molar-refractivity contribution in [1.29, 1.82) is 0 Å². The number of rotatable bonds is 0. The Labute approximate surface area is 74.8 Å². The summed E-state index contributed by atoms with van der Waals surface area (Å²) in [6, 6.07) is 4.40. The monoisotopic (exact) mass is 179 g/mol. The summed E-state index contributed by atoms with van der Waals surface area (Å²) in [6.07, 6.45) is 0. The predicted octanol–water partition coefficient (Wildman–Crippen LogP) is 0.552. The van der Waals surface area contributed by atoms with Gasteiger partial charge in [0.25, 0.3) is 5.91 Å². The van der Waals surface area contributed by atoms with E-state index in [9.17, 15) is 9.90 Å². The average molecular weight is 179 g/mol. The molecule has 4 heteroatoms. The van der Waals surface area contributed by atoms with Crippen LogP contribution in [0, 0.1) is 0 Å². The summed E-state index contributed by atoms with van der Waals surface area (Å²) in [5.74, 6) is -0.427. The highest BCUT2D eigenvalue weighted by Gasteiger charge is 2.40. The van der Waals surface area contributed by atoms with E-state index in [0.29, 0.717) is 11.3 Å². The van der Waals surface area contributed by atoms with Gasteiger partial charge >= 0.3 is 0 Å². The third-order valence-corrected chi connectivity index (χ3v) is 2.22. The van der Waals surface area contributed by atoms with E-state index in [-0.39, 0.29) is 5.75 Å². The molecule has 1 aliphatic rings. The van der Waals surface area contributed by atoms with Crippen molar-refractivity contribution in [2.45, 2.75) is 12.5 Å². The molecule has 1 unspecified atom stereocenters. The third-order valence-electron chi connectivity index (χ3n) is 2.22. The van der Waals surface area contributed by atoms with Gasteiger partial charge < -0.3 is 15.5 Å². The summed E-state index contributed by atoms with van der Waals surface area (Å²) in [4.78, 5) is 11.2. The molecule has 0 aliphatic carbocycles. The van der Waals surface area contributed by atoms with E-state index in [1.807, 2.05) is 0 Å². The number of benzene rings is 1. The lowest BCUT2D eigenvalue weighted by atomic mass is 9.98. The average Bonchev–Trinajstić information content (AvgIpc) is 2.27. The Hall–Kier alpha value is -1.55. The summed E-state index contributed by atoms with van der Waals surface area (Å²) in [7, 11) is 0. The number of hydrogen-bond donors (Lipinski definition) is 3. The fourth-order valence-electron chi connectivity index (χ4n) is 1.41. The highest BCUT2D eigenvalue weighted by Crippen LogP contribution is 2.37. The second-order valence-corrected chi connectivity index (χ2v) is 3.26. The predicted molar refractivity (Wildman–Crippen MR) is 46.3 cm³/mol. The van der Waals surface area contributed by atoms with Gasteiger partial charge in [0.2, 0.25) is 0 Å². The zero-order valence-corrected chi connectivity index (χ0v) is 7.03. The molecule has 68 valence electrons. The van der Waals surface area contributed by atoms with Gasteiger partial charge in [0.05, 0.1) is 0 Å². The fraction of sp³-hybridized carbons (Fsp3) is 0.222. The number of anilines is 1. The van der Waals surface area contributed by atoms with Crippen molar-refractivity contribution >= 4 is 11.6 Å². The lowest BCUT2D eigenvalue weighted by molar-refractivity contribution is -0.131. The molecule has 13 heavy (non-hydrogen) atoms. The summed E-state index contributed by atoms with van der Waals surface area (Å²) >= 11 is 0. The first-order valence-electron chi connectivity index (χ1n) is 3.89. The Bertz CT molecular complexity index is 384. The molecular weight excluding hydrogens is 170 g/mol. The zero-order chi connectivity index (χ0) is 9.64. The van der Waals surface area contributed by atoms with Crippen LogP contribution in [0.25, 0.3) is 0 Å². The highest BCUT2D eigenvalue weighted by atomic mass is 16.3. The van der Waals surface area contributed by atoms with E-state index in [2.05, 4.69) is 5.32 Å². The van der Waals surface area contributed by atoms with Crippen LogP contribution >= 0.6 is 0 Å². The number of amides is 1. The van der Waals surface area contributed by atoms with Crippen LogP contribution in [0.3, 0.4) is 0 Å². The molecule has 1 amide bonds. The van der Waals surface area contributed by atoms with Crippen molar-refractivity contribution in [3.8, 4) is 5.75 Å². The van der Waals surface area contributed by atoms with Gasteiger partial charge in [-0.15, -0.1) is 0 Å². The number of fused-ring (bicyclic) bond motifs is 1. The normalized spacial score (nSPS) is 25.5. The topological polar surface area (TPSA) is 69.6 Å². The number of aromatic hydroxyl groups is 1. The number of carbonyl (C=O) groups is 1. The smallest absolute Gasteiger partial charge is 0.260 e. The van der Waals surface area contributed by atoms with Gasteiger partial charge in [-0.05, 0) is 25.1 Å². The van der Waals surface area contributed by atoms with E-state index >= 15 is 0 Å². The quantitative estimate of drug-likeness (QED) is 0.509. The van der Waals surface area contributed by atoms with Gasteiger partial charge in [-0.1, -0.05) is 0 Å². The van der Waals surface area contributed by atoms with Crippen molar-refractivity contribution in [3.05, 3.63) is 23.8 Å². The van der Waals surface area contributed by atoms with Gasteiger partial charge in [0, 0.05) is 11.3 Å². The molecule has 3 N–H and O–H groups in total. The van der Waals surface area contributed by atoms with Crippen LogP contribution in [-0.4, -0.2) is 16.1 Å². The minimum Gasteiger partial charge on any atom is -0.508 e. The van der Waals surface area contributed by atoms with Crippen molar-refractivity contribution in [1.82, 2.24) is 0 Å². The number of carbonyl (C=O) groups excluding carboxylic acids is 1. The highest BCUT2D eigenvalue weighted by molar-refractivity contribution is 6.04. The molecular formula is C9H9NO3. The standard InChI is InChI=1S/C9H9NO3/c1-9(13)6-4-5(11)2-3-7(6)10-8(9)12/h2-4,11,13H,1H3,(H,10,12). The lowest BCUT2D eigenvalue weighted by Crippen LogP contribution is -2.30. The van der Waals surface area contributed by atoms with Crippen molar-refractivity contribution in [2.24, 2.45) is 0 Å². The molecule has 1 heterocycles. The van der Waals surface area contributed by atoms with Crippen LogP contribution in [0.5, 0.6) is 5.75 Å². The molecule has 0 saturated carbocycles. The minimum atomic E-state index is -1.53. The van der Waals surface area contributed by atoms with Crippen LogP contribution in [0.15, 0.2) is 18.2 Å². The fourth-order valence-corrected chi connectivity index (χ4v) is 1.41. The molecule has 0 spiro atoms. The molecule has 1 aromatic carbocycles. The number of phenols is 1. The summed E-state index contributed by atoms with van der Waals surface area (Å²) < 4.78 is 0. The summed E-state index contributed by atoms with van der Waals surface area (Å²) in [6.45, 7) is 1.40. The zero-order valence-electron chi connectivity index (χ0n) is 7.03. The van der Waals surface area contributed by atoms with Crippen molar-refractivity contribution < 1.29 is 15.0 Å². The number of nitrogens with one attached hydrogen (secondary N) is 1. The summed E-state index contributed by atoms with van der Waals surface area (Å²) in [5, 5.41) is 21.4. The van der Waals surface area contributed by atoms with Crippen LogP contribution < -0.4 is 5.32 Å². The molecule has 1 atom stereocenters. The Balaban J connectivity index is 2.64. The van der Waals surface area contributed by atoms with Gasteiger partial charge in [0.15, 0.2) is 5.60 Å². The van der Waals surface area contributed by atoms with E-state index in [4.69, 9.17) is 5.11 Å². The Morgan fingerprint density at radius 2 is 2.15 bits per heavy atom. The van der Waals surface area contributed by atoms with Crippen LogP contribution in [0.4, 0.5) is 5.69 Å². The molecule has 1 aliphatic heterocycles. The van der Waals surface area contributed by atoms with Crippen molar-refractivity contribution in [3.63, 3.8) is 0 Å². The molecule has 0 saturated heterocycles. The first-order valence-corrected chi connectivity index (χ1v) is 3.89. The molecule has 0 radical (unpaired) electrons. The maximum absolute atomic E-state index is 11.2. The first-order chi connectivity index (χ1) is 6.01. The second-order valence-electron chi connectivity index (χ2n) is 3.26. The maximum atomic E-state index is 11.2. The Morgan fingerprint density at radius 3 is 2.85 bits per heavy atom. The number of aliphatic hydroxyl groups is 1. The Kier molecular flexibility index (Phi) is 1.38. The molecule has 0 fully saturated rings. The molecule has 2 rings (SSSR count). The van der Waals surface area contributed by atoms with Gasteiger partial charge in [0.1, 0.15) is 5.75 Å². The van der Waals surface area contributed by atoms with Gasteiger partial charge in [-0.3, -0.25) is 4.79 Å². The molecule has 1 aromatic rings. The first kappa shape index (κ1) is 8.07. The third kappa shape index (κ3) is 0.990. The van der Waals surface area contributed by atoms with Crippen molar-refractivity contribution in [2.75, 3.05) is 5.32 Å². The second kappa shape index (κ2) is 2.23. The minimum absolute atomic E-state index is 0.0375. The molecule has 0 aromatic heterocycles. The van der Waals surface area contributed by atoms with Crippen LogP contribution in [-0.2, 0) is 10.4 Å². The number of hydrogen-bond acceptors (Lipinski definition) is 3. The summed E-state index contributed by atoms with van der Waals surface area (Å²) in [5.41, 5.74) is -0.570. The lowest BCUT2D eigenvalue weighted by Gasteiger charge is -2.13. The number of phenolic OH excluding ortho intramolecular Hbond substituents is 1. The van der Waals surface area contributed by atoms with E-state index in [1.165, 1.54) is 19.1 Å². The molecule has 4 nitrogen and oxygen atoms in total. The maximum Gasteiger partial charge on any atom is 0.260 e. The SMILES string of the molecule is CC1(O)C(=O)Nc2ccc(O)cc21. The van der Waals surface area contributed by atoms with E-state index in [1.54, 1.807) is 6.07 Å². The van der Waals surface area contributed by atoms with Gasteiger partial charge in [-0.25, -0.2) is 0 Å². The molecule has 0 bridgehead atoms. The van der Waals surface area contributed by atoms with Crippen LogP contribution in [0.1, 0.15) is 12.5 Å². The van der Waals surface area contributed by atoms with Gasteiger partial charge in [-0.2, -0.15) is 0 Å². The van der Waals surface area contributed by atoms with Crippen LogP contribution in [0.2, 0.25) is 0 Å². The van der Waals surface area contributed by atoms with E-state index < -0.39 is 11.5 Å². The Morgan fingerprint density at radius 1 is 1.46 bits per heavy atom. The van der Waals surface area contributed by atoms with E-state index in [0.717, 1.165) is 0 Å². The largest absolute Gasteiger partial charge is 0.508 e.